The monoisotopic (exact) mass is 389 g/mol. The van der Waals surface area contributed by atoms with Gasteiger partial charge in [-0.25, -0.2) is 4.98 Å². The molecular weight excluding hydrogens is 358 g/mol. The Balaban J connectivity index is 1.50. The van der Waals surface area contributed by atoms with Crippen molar-refractivity contribution in [2.75, 3.05) is 19.6 Å². The lowest BCUT2D eigenvalue weighted by atomic mass is 9.90. The van der Waals surface area contributed by atoms with Crippen molar-refractivity contribution < 1.29 is 0 Å². The van der Waals surface area contributed by atoms with Crippen LogP contribution in [0.15, 0.2) is 55.3 Å². The lowest BCUT2D eigenvalue weighted by molar-refractivity contribution is 0.159. The fourth-order valence-electron chi connectivity index (χ4n) is 4.33. The van der Waals surface area contributed by atoms with Crippen LogP contribution in [0.5, 0.6) is 0 Å². The molecule has 29 heavy (non-hydrogen) atoms. The number of nitrogens with zero attached hydrogens (tertiary/aromatic N) is 3. The van der Waals surface area contributed by atoms with Gasteiger partial charge in [0.2, 0.25) is 0 Å². The van der Waals surface area contributed by atoms with E-state index in [4.69, 9.17) is 9.97 Å². The van der Waals surface area contributed by atoms with Gasteiger partial charge >= 0.3 is 0 Å². The standard InChI is InChI=1S/C24H31N5/c1-2-14-25-15-5-6-17-29(18-23-27-20-11-3-4-12-21(20)28-23)22-13-7-9-19-10-8-16-26-24(19)22/h2-4,8,10-12,16,22,25H,1,5-7,9,13-15,17-18H2,(H,27,28). The zero-order chi connectivity index (χ0) is 19.9. The largest absolute Gasteiger partial charge is 0.341 e. The molecule has 0 aliphatic heterocycles. The summed E-state index contributed by atoms with van der Waals surface area (Å²) in [6.45, 7) is 7.55. The van der Waals surface area contributed by atoms with Gasteiger partial charge in [-0.3, -0.25) is 9.88 Å². The number of H-pyrrole nitrogens is 1. The molecule has 0 bridgehead atoms. The first-order valence-corrected chi connectivity index (χ1v) is 10.8. The Labute approximate surface area is 173 Å². The van der Waals surface area contributed by atoms with Crippen LogP contribution >= 0.6 is 0 Å². The number of fused-ring (bicyclic) bond motifs is 2. The normalized spacial score (nSPS) is 16.2. The molecule has 152 valence electrons. The molecule has 2 heterocycles. The van der Waals surface area contributed by atoms with Crippen LogP contribution in [0.3, 0.4) is 0 Å². The zero-order valence-corrected chi connectivity index (χ0v) is 17.1. The van der Waals surface area contributed by atoms with Crippen LogP contribution in [0.25, 0.3) is 11.0 Å². The summed E-state index contributed by atoms with van der Waals surface area (Å²) in [4.78, 5) is 15.7. The first-order valence-electron chi connectivity index (χ1n) is 10.8. The first-order chi connectivity index (χ1) is 14.3. The molecular formula is C24H31N5. The predicted octanol–water partition coefficient (Wildman–Crippen LogP) is 4.39. The molecule has 0 fully saturated rings. The van der Waals surface area contributed by atoms with Crippen LogP contribution in [0.2, 0.25) is 0 Å². The summed E-state index contributed by atoms with van der Waals surface area (Å²) in [7, 11) is 0. The number of unbranched alkanes of at least 4 members (excludes halogenated alkanes) is 1. The van der Waals surface area contributed by atoms with E-state index in [1.807, 2.05) is 18.3 Å². The van der Waals surface area contributed by atoms with Crippen LogP contribution in [0.1, 0.15) is 48.8 Å². The van der Waals surface area contributed by atoms with Gasteiger partial charge in [0.25, 0.3) is 0 Å². The first kappa shape index (κ1) is 19.8. The smallest absolute Gasteiger partial charge is 0.121 e. The van der Waals surface area contributed by atoms with E-state index in [1.54, 1.807) is 0 Å². The molecule has 5 heteroatoms. The molecule has 0 spiro atoms. The molecule has 5 nitrogen and oxygen atoms in total. The molecule has 0 saturated carbocycles. The third kappa shape index (κ3) is 4.92. The molecule has 1 aromatic carbocycles. The topological polar surface area (TPSA) is 56.8 Å². The third-order valence-electron chi connectivity index (χ3n) is 5.74. The van der Waals surface area contributed by atoms with Gasteiger partial charge in [-0.2, -0.15) is 0 Å². The quantitative estimate of drug-likeness (QED) is 0.399. The van der Waals surface area contributed by atoms with Crippen molar-refractivity contribution in [2.45, 2.75) is 44.7 Å². The van der Waals surface area contributed by atoms with E-state index >= 15 is 0 Å². The minimum Gasteiger partial charge on any atom is -0.341 e. The lowest BCUT2D eigenvalue weighted by Crippen LogP contribution is -2.33. The summed E-state index contributed by atoms with van der Waals surface area (Å²) in [5.41, 5.74) is 4.82. The van der Waals surface area contributed by atoms with Crippen molar-refractivity contribution in [1.82, 2.24) is 25.2 Å². The summed E-state index contributed by atoms with van der Waals surface area (Å²) in [6.07, 6.45) is 9.70. The summed E-state index contributed by atoms with van der Waals surface area (Å²) in [5.74, 6) is 1.04. The maximum Gasteiger partial charge on any atom is 0.121 e. The number of para-hydroxylation sites is 2. The number of rotatable bonds is 10. The van der Waals surface area contributed by atoms with Gasteiger partial charge in [-0.05, 0) is 69.0 Å². The van der Waals surface area contributed by atoms with Gasteiger partial charge in [0.15, 0.2) is 0 Å². The van der Waals surface area contributed by atoms with Crippen LogP contribution in [0, 0.1) is 0 Å². The average Bonchev–Trinajstić information content (AvgIpc) is 3.17. The highest BCUT2D eigenvalue weighted by Crippen LogP contribution is 2.33. The van der Waals surface area contributed by atoms with E-state index in [-0.39, 0.29) is 0 Å². The van der Waals surface area contributed by atoms with Gasteiger partial charge in [-0.15, -0.1) is 6.58 Å². The SMILES string of the molecule is C=CCNCCCCN(Cc1nc2ccccc2[nH]1)C1CCCc2cccnc21. The van der Waals surface area contributed by atoms with Gasteiger partial charge in [-0.1, -0.05) is 24.3 Å². The van der Waals surface area contributed by atoms with Crippen LogP contribution in [-0.4, -0.2) is 39.5 Å². The molecule has 4 rings (SSSR count). The van der Waals surface area contributed by atoms with Crippen molar-refractivity contribution >= 4 is 11.0 Å². The molecule has 1 unspecified atom stereocenters. The number of aryl methyl sites for hydroxylation is 1. The summed E-state index contributed by atoms with van der Waals surface area (Å²) >= 11 is 0. The predicted molar refractivity (Wildman–Crippen MR) is 119 cm³/mol. The van der Waals surface area contributed by atoms with Crippen molar-refractivity contribution in [1.29, 1.82) is 0 Å². The van der Waals surface area contributed by atoms with Crippen molar-refractivity contribution in [3.63, 3.8) is 0 Å². The molecule has 0 amide bonds. The Morgan fingerprint density at radius 3 is 3.03 bits per heavy atom. The Morgan fingerprint density at radius 1 is 1.21 bits per heavy atom. The second-order valence-electron chi connectivity index (χ2n) is 7.83. The Kier molecular flexibility index (Phi) is 6.70. The molecule has 0 saturated heterocycles. The Morgan fingerprint density at radius 2 is 2.14 bits per heavy atom. The van der Waals surface area contributed by atoms with E-state index in [1.165, 1.54) is 24.1 Å². The molecule has 1 atom stereocenters. The molecule has 2 aromatic heterocycles. The lowest BCUT2D eigenvalue weighted by Gasteiger charge is -2.34. The fraction of sp³-hybridized carbons (Fsp3) is 0.417. The Hall–Kier alpha value is -2.50. The number of benzene rings is 1. The second kappa shape index (κ2) is 9.81. The number of aromatic amines is 1. The van der Waals surface area contributed by atoms with Crippen molar-refractivity contribution in [3.8, 4) is 0 Å². The summed E-state index contributed by atoms with van der Waals surface area (Å²) in [5, 5.41) is 3.40. The highest BCUT2D eigenvalue weighted by atomic mass is 15.2. The maximum absolute atomic E-state index is 4.83. The highest BCUT2D eigenvalue weighted by Gasteiger charge is 2.27. The molecule has 1 aliphatic carbocycles. The van der Waals surface area contributed by atoms with Crippen LogP contribution in [0.4, 0.5) is 0 Å². The van der Waals surface area contributed by atoms with Gasteiger partial charge in [0.05, 0.1) is 29.3 Å². The van der Waals surface area contributed by atoms with Crippen LogP contribution < -0.4 is 5.32 Å². The molecule has 1 aliphatic rings. The van der Waals surface area contributed by atoms with Crippen LogP contribution in [-0.2, 0) is 13.0 Å². The third-order valence-corrected chi connectivity index (χ3v) is 5.74. The number of aromatic nitrogens is 3. The number of imidazole rings is 1. The number of hydrogen-bond donors (Lipinski definition) is 2. The number of pyridine rings is 1. The highest BCUT2D eigenvalue weighted by molar-refractivity contribution is 5.74. The van der Waals surface area contributed by atoms with Gasteiger partial charge < -0.3 is 10.3 Å². The average molecular weight is 390 g/mol. The Bertz CT molecular complexity index is 899. The number of hydrogen-bond acceptors (Lipinski definition) is 4. The summed E-state index contributed by atoms with van der Waals surface area (Å²) < 4.78 is 0. The minimum atomic E-state index is 0.370. The van der Waals surface area contributed by atoms with E-state index in [2.05, 4.69) is 52.1 Å². The van der Waals surface area contributed by atoms with Crippen molar-refractivity contribution in [3.05, 3.63) is 72.3 Å². The van der Waals surface area contributed by atoms with E-state index in [0.717, 1.165) is 62.3 Å². The van der Waals surface area contributed by atoms with Gasteiger partial charge in [0, 0.05) is 12.7 Å². The van der Waals surface area contributed by atoms with E-state index in [0.29, 0.717) is 6.04 Å². The van der Waals surface area contributed by atoms with E-state index < -0.39 is 0 Å². The minimum absolute atomic E-state index is 0.370. The van der Waals surface area contributed by atoms with Gasteiger partial charge in [0.1, 0.15) is 5.82 Å². The van der Waals surface area contributed by atoms with Crippen molar-refractivity contribution in [2.24, 2.45) is 0 Å². The molecule has 2 N–H and O–H groups in total. The second-order valence-corrected chi connectivity index (χ2v) is 7.83. The molecule has 3 aromatic rings. The number of nitrogens with one attached hydrogen (secondary N) is 2. The zero-order valence-electron chi connectivity index (χ0n) is 17.1. The molecule has 0 radical (unpaired) electrons. The van der Waals surface area contributed by atoms with E-state index in [9.17, 15) is 0 Å². The maximum atomic E-state index is 4.83. The fourth-order valence-corrected chi connectivity index (χ4v) is 4.33. The summed E-state index contributed by atoms with van der Waals surface area (Å²) in [6, 6.07) is 12.9.